The number of piperazine rings is 1. The van der Waals surface area contributed by atoms with Gasteiger partial charge in [-0.3, -0.25) is 10.1 Å². The lowest BCUT2D eigenvalue weighted by Crippen LogP contribution is -2.57. The molecule has 1 atom stereocenters. The monoisotopic (exact) mass is 460 g/mol. The maximum Gasteiger partial charge on any atom is 0.322 e. The Morgan fingerprint density at radius 2 is 2.16 bits per heavy atom. The van der Waals surface area contributed by atoms with Gasteiger partial charge < -0.3 is 20.3 Å². The molecule has 3 amide bonds. The molecule has 1 aliphatic rings. The lowest BCUT2D eigenvalue weighted by atomic mass is 10.1. The number of ether oxygens (including phenoxy) is 1. The number of carbonyl (C=O) groups excluding carboxylic acids is 2. The zero-order chi connectivity index (χ0) is 22.0. The first-order valence-electron chi connectivity index (χ1n) is 9.57. The number of carbonyl (C=O) groups is 2. The van der Waals surface area contributed by atoms with Crippen LogP contribution in [0.2, 0.25) is 4.34 Å². The number of nitrogens with zero attached hydrogens (tertiary/aromatic N) is 4. The zero-order valence-electron chi connectivity index (χ0n) is 16.7. The van der Waals surface area contributed by atoms with Gasteiger partial charge in [-0.05, 0) is 29.8 Å². The van der Waals surface area contributed by atoms with E-state index in [0.29, 0.717) is 34.7 Å². The highest BCUT2D eigenvalue weighted by Crippen LogP contribution is 2.26. The van der Waals surface area contributed by atoms with Crippen molar-refractivity contribution >= 4 is 56.6 Å². The van der Waals surface area contributed by atoms with Crippen LogP contribution in [0.5, 0.6) is 0 Å². The first-order chi connectivity index (χ1) is 14.9. The minimum atomic E-state index is -0.453. The summed E-state index contributed by atoms with van der Waals surface area (Å²) in [5.41, 5.74) is 7.58. The number of benzene rings is 1. The molecule has 3 N–H and O–H groups in total. The highest BCUT2D eigenvalue weighted by Gasteiger charge is 2.32. The number of thiophene rings is 1. The molecule has 3 heterocycles. The van der Waals surface area contributed by atoms with Crippen LogP contribution in [0.15, 0.2) is 36.7 Å². The lowest BCUT2D eigenvalue weighted by molar-refractivity contribution is -0.148. The maximum absolute atomic E-state index is 12.8. The molecule has 4 rings (SSSR count). The number of nitrogen functional groups attached to an aromatic ring is 1. The molecule has 162 valence electrons. The predicted molar refractivity (Wildman–Crippen MR) is 120 cm³/mol. The molecule has 3 aromatic rings. The van der Waals surface area contributed by atoms with Crippen molar-refractivity contribution in [2.24, 2.45) is 0 Å². The molecule has 1 unspecified atom stereocenters. The fraction of sp³-hybridized carbons (Fsp3) is 0.300. The number of aromatic nitrogens is 2. The summed E-state index contributed by atoms with van der Waals surface area (Å²) in [6.45, 7) is 0.753. The molecule has 0 radical (unpaired) electrons. The van der Waals surface area contributed by atoms with Crippen LogP contribution >= 0.6 is 22.9 Å². The fourth-order valence-corrected chi connectivity index (χ4v) is 4.44. The molecule has 11 heteroatoms. The van der Waals surface area contributed by atoms with Gasteiger partial charge in [-0.15, -0.1) is 11.3 Å². The van der Waals surface area contributed by atoms with Crippen molar-refractivity contribution in [3.05, 3.63) is 46.6 Å². The van der Waals surface area contributed by atoms with Crippen LogP contribution in [0.3, 0.4) is 0 Å². The highest BCUT2D eigenvalue weighted by molar-refractivity contribution is 7.20. The molecule has 0 spiro atoms. The molecule has 1 aromatic carbocycles. The number of amides is 3. The molecule has 0 saturated carbocycles. The van der Waals surface area contributed by atoms with Crippen molar-refractivity contribution in [1.29, 1.82) is 0 Å². The van der Waals surface area contributed by atoms with Crippen LogP contribution in [0.1, 0.15) is 5.56 Å². The molecule has 0 aliphatic carbocycles. The van der Waals surface area contributed by atoms with Gasteiger partial charge in [0, 0.05) is 32.0 Å². The van der Waals surface area contributed by atoms with E-state index in [2.05, 4.69) is 15.3 Å². The summed E-state index contributed by atoms with van der Waals surface area (Å²) in [7, 11) is 1.57. The Balaban J connectivity index is 1.40. The number of rotatable bonds is 5. The van der Waals surface area contributed by atoms with E-state index in [0.717, 1.165) is 16.5 Å². The number of hydrogen-bond donors (Lipinski definition) is 2. The Bertz CT molecular complexity index is 1120. The SMILES string of the molecule is COC(Cc1ccc2c(N)ncnc2c1)N1CCN(C(=O)Nc2ccc(Cl)s2)CC1=O. The second kappa shape index (κ2) is 9.04. The number of hydrogen-bond acceptors (Lipinski definition) is 7. The zero-order valence-corrected chi connectivity index (χ0v) is 18.3. The second-order valence-corrected chi connectivity index (χ2v) is 8.76. The van der Waals surface area contributed by atoms with Crippen molar-refractivity contribution in [2.75, 3.05) is 37.8 Å². The van der Waals surface area contributed by atoms with E-state index in [4.69, 9.17) is 22.1 Å². The Kier molecular flexibility index (Phi) is 6.21. The largest absolute Gasteiger partial charge is 0.383 e. The van der Waals surface area contributed by atoms with Gasteiger partial charge in [0.2, 0.25) is 5.91 Å². The normalized spacial score (nSPS) is 15.4. The molecule has 1 saturated heterocycles. The van der Waals surface area contributed by atoms with Crippen molar-refractivity contribution in [2.45, 2.75) is 12.6 Å². The first kappa shape index (κ1) is 21.3. The third-order valence-electron chi connectivity index (χ3n) is 5.11. The third-order valence-corrected chi connectivity index (χ3v) is 6.26. The van der Waals surface area contributed by atoms with Gasteiger partial charge in [-0.25, -0.2) is 14.8 Å². The van der Waals surface area contributed by atoms with Crippen molar-refractivity contribution in [3.8, 4) is 0 Å². The van der Waals surface area contributed by atoms with Crippen LogP contribution in [0, 0.1) is 0 Å². The van der Waals surface area contributed by atoms with Crippen molar-refractivity contribution in [1.82, 2.24) is 19.8 Å². The van der Waals surface area contributed by atoms with E-state index in [1.54, 1.807) is 24.1 Å². The van der Waals surface area contributed by atoms with Crippen LogP contribution < -0.4 is 11.1 Å². The fourth-order valence-electron chi connectivity index (χ4n) is 3.50. The van der Waals surface area contributed by atoms with Gasteiger partial charge in [-0.1, -0.05) is 17.7 Å². The lowest BCUT2D eigenvalue weighted by Gasteiger charge is -2.38. The second-order valence-electron chi connectivity index (χ2n) is 7.05. The van der Waals surface area contributed by atoms with Gasteiger partial charge >= 0.3 is 6.03 Å². The van der Waals surface area contributed by atoms with E-state index in [1.165, 1.54) is 22.6 Å². The molecule has 1 fully saturated rings. The standard InChI is InChI=1S/C20H21ClN6O3S/c1-30-18(9-12-2-3-13-14(8-12)23-11-24-19(13)22)27-7-6-26(10-17(27)28)20(29)25-16-5-4-15(21)31-16/h2-5,8,11,18H,6-7,9-10H2,1H3,(H,25,29)(H2,22,23,24). The molecule has 2 aromatic heterocycles. The van der Waals surface area contributed by atoms with E-state index in [-0.39, 0.29) is 18.5 Å². The number of methoxy groups -OCH3 is 1. The molecule has 0 bridgehead atoms. The van der Waals surface area contributed by atoms with E-state index in [9.17, 15) is 9.59 Å². The quantitative estimate of drug-likeness (QED) is 0.605. The summed E-state index contributed by atoms with van der Waals surface area (Å²) in [6.07, 6.45) is 1.46. The predicted octanol–water partition coefficient (Wildman–Crippen LogP) is 2.82. The number of halogens is 1. The molecule has 1 aliphatic heterocycles. The highest BCUT2D eigenvalue weighted by atomic mass is 35.5. The summed E-state index contributed by atoms with van der Waals surface area (Å²) in [5.74, 6) is 0.249. The van der Waals surface area contributed by atoms with E-state index >= 15 is 0 Å². The summed E-state index contributed by atoms with van der Waals surface area (Å²) in [5, 5.41) is 4.19. The summed E-state index contributed by atoms with van der Waals surface area (Å²) in [6, 6.07) is 8.82. The van der Waals surface area contributed by atoms with Gasteiger partial charge in [0.1, 0.15) is 24.9 Å². The van der Waals surface area contributed by atoms with Gasteiger partial charge in [0.25, 0.3) is 0 Å². The Labute approximate surface area is 187 Å². The average molecular weight is 461 g/mol. The summed E-state index contributed by atoms with van der Waals surface area (Å²) in [4.78, 5) is 36.6. The molecular weight excluding hydrogens is 440 g/mol. The molecular formula is C20H21ClN6O3S. The minimum Gasteiger partial charge on any atom is -0.383 e. The van der Waals surface area contributed by atoms with Crippen LogP contribution in [0.25, 0.3) is 10.9 Å². The Hall–Kier alpha value is -2.95. The smallest absolute Gasteiger partial charge is 0.322 e. The number of fused-ring (bicyclic) bond motifs is 1. The summed E-state index contributed by atoms with van der Waals surface area (Å²) < 4.78 is 6.19. The van der Waals surface area contributed by atoms with Crippen molar-refractivity contribution < 1.29 is 14.3 Å². The number of anilines is 2. The summed E-state index contributed by atoms with van der Waals surface area (Å²) >= 11 is 7.16. The van der Waals surface area contributed by atoms with Crippen LogP contribution in [0.4, 0.5) is 15.6 Å². The third kappa shape index (κ3) is 4.71. The average Bonchev–Trinajstić information content (AvgIpc) is 3.16. The number of nitrogens with one attached hydrogen (secondary N) is 1. The maximum atomic E-state index is 12.8. The first-order valence-corrected chi connectivity index (χ1v) is 10.8. The Morgan fingerprint density at radius 1 is 1.32 bits per heavy atom. The van der Waals surface area contributed by atoms with E-state index < -0.39 is 6.23 Å². The van der Waals surface area contributed by atoms with Crippen molar-refractivity contribution in [3.63, 3.8) is 0 Å². The van der Waals surface area contributed by atoms with E-state index in [1.807, 2.05) is 18.2 Å². The van der Waals surface area contributed by atoms with Crippen LogP contribution in [-0.4, -0.2) is 64.7 Å². The van der Waals surface area contributed by atoms with Gasteiger partial charge in [0.15, 0.2) is 0 Å². The topological polar surface area (TPSA) is 114 Å². The number of urea groups is 1. The molecule has 31 heavy (non-hydrogen) atoms. The Morgan fingerprint density at radius 3 is 2.87 bits per heavy atom. The minimum absolute atomic E-state index is 0.0215. The van der Waals surface area contributed by atoms with Gasteiger partial charge in [-0.2, -0.15) is 0 Å². The van der Waals surface area contributed by atoms with Crippen LogP contribution in [-0.2, 0) is 16.0 Å². The number of nitrogens with two attached hydrogens (primary N) is 1. The molecule has 9 nitrogen and oxygen atoms in total. The van der Waals surface area contributed by atoms with Gasteiger partial charge in [0.05, 0.1) is 14.9 Å².